The van der Waals surface area contributed by atoms with Gasteiger partial charge >= 0.3 is 0 Å². The lowest BCUT2D eigenvalue weighted by Crippen LogP contribution is -2.44. The number of halogens is 1. The van der Waals surface area contributed by atoms with E-state index >= 15 is 0 Å². The topological polar surface area (TPSA) is 49.3 Å². The summed E-state index contributed by atoms with van der Waals surface area (Å²) in [6.07, 6.45) is 4.18. The number of amides is 1. The minimum absolute atomic E-state index is 0.0708. The third-order valence-electron chi connectivity index (χ3n) is 4.06. The number of benzene rings is 1. The Kier molecular flexibility index (Phi) is 4.94. The smallest absolute Gasteiger partial charge is 0.230 e. The summed E-state index contributed by atoms with van der Waals surface area (Å²) in [4.78, 5) is 12.4. The molecule has 0 aromatic heterocycles. The van der Waals surface area contributed by atoms with Crippen LogP contribution < -0.4 is 5.32 Å². The molecule has 1 aromatic carbocycles. The zero-order valence-corrected chi connectivity index (χ0v) is 13.3. The van der Waals surface area contributed by atoms with Crippen LogP contribution in [0.4, 0.5) is 4.39 Å². The highest BCUT2D eigenvalue weighted by atomic mass is 32.2. The molecule has 2 rings (SSSR count). The lowest BCUT2D eigenvalue weighted by Gasteiger charge is -2.25. The maximum Gasteiger partial charge on any atom is 0.230 e. The lowest BCUT2D eigenvalue weighted by molar-refractivity contribution is -0.124. The van der Waals surface area contributed by atoms with E-state index in [0.29, 0.717) is 6.42 Å². The van der Waals surface area contributed by atoms with Crippen LogP contribution in [0, 0.1) is 5.82 Å². The Morgan fingerprint density at radius 3 is 2.57 bits per heavy atom. The van der Waals surface area contributed by atoms with E-state index in [9.17, 15) is 14.3 Å². The molecule has 0 saturated heterocycles. The van der Waals surface area contributed by atoms with Crippen molar-refractivity contribution >= 4 is 17.7 Å². The summed E-state index contributed by atoms with van der Waals surface area (Å²) in [5, 5.41) is 13.1. The molecule has 0 unspecified atom stereocenters. The van der Waals surface area contributed by atoms with Gasteiger partial charge in [0, 0.05) is 6.54 Å². The zero-order valence-electron chi connectivity index (χ0n) is 12.5. The van der Waals surface area contributed by atoms with Crippen LogP contribution in [-0.2, 0) is 10.2 Å². The fourth-order valence-corrected chi connectivity index (χ4v) is 3.03. The summed E-state index contributed by atoms with van der Waals surface area (Å²) in [5.74, 6) is 0.486. The molecular weight excluding hydrogens is 289 g/mol. The molecule has 1 amide bonds. The van der Waals surface area contributed by atoms with Gasteiger partial charge in [0.25, 0.3) is 0 Å². The molecule has 0 radical (unpaired) electrons. The van der Waals surface area contributed by atoms with Crippen molar-refractivity contribution in [2.24, 2.45) is 0 Å². The van der Waals surface area contributed by atoms with Gasteiger partial charge in [-0.25, -0.2) is 4.39 Å². The van der Waals surface area contributed by atoms with E-state index in [1.54, 1.807) is 30.8 Å². The molecule has 5 heteroatoms. The molecule has 1 fully saturated rings. The van der Waals surface area contributed by atoms with Gasteiger partial charge in [-0.3, -0.25) is 4.79 Å². The summed E-state index contributed by atoms with van der Waals surface area (Å²) in [5.41, 5.74) is -0.564. The first kappa shape index (κ1) is 16.3. The predicted molar refractivity (Wildman–Crippen MR) is 83.9 cm³/mol. The van der Waals surface area contributed by atoms with E-state index in [2.05, 4.69) is 5.32 Å². The molecule has 0 heterocycles. The Balaban J connectivity index is 1.95. The average Bonchev–Trinajstić information content (AvgIpc) is 3.25. The number of nitrogens with one attached hydrogen (secondary N) is 1. The number of carbonyl (C=O) groups excluding carboxylic acids is 1. The number of carbonyl (C=O) groups is 1. The van der Waals surface area contributed by atoms with Crippen molar-refractivity contribution in [1.82, 2.24) is 5.32 Å². The lowest BCUT2D eigenvalue weighted by atomic mass is 9.94. The molecule has 0 aliphatic heterocycles. The van der Waals surface area contributed by atoms with E-state index in [-0.39, 0.29) is 18.3 Å². The molecular formula is C16H22FNO2S. The standard InChI is InChI=1S/C16H22FNO2S/c1-15(20,9-10-21-2)11-18-14(19)16(7-8-16)12-3-5-13(17)6-4-12/h3-6,20H,7-11H2,1-2H3,(H,18,19)/t15-/m1/s1. The van der Waals surface area contributed by atoms with Gasteiger partial charge in [0.1, 0.15) is 5.82 Å². The Hall–Kier alpha value is -1.07. The highest BCUT2D eigenvalue weighted by Gasteiger charge is 2.51. The van der Waals surface area contributed by atoms with Crippen molar-refractivity contribution in [3.8, 4) is 0 Å². The molecule has 1 atom stereocenters. The average molecular weight is 311 g/mol. The summed E-state index contributed by atoms with van der Waals surface area (Å²) < 4.78 is 13.0. The predicted octanol–water partition coefficient (Wildman–Crippen LogP) is 2.48. The minimum Gasteiger partial charge on any atom is -0.388 e. The van der Waals surface area contributed by atoms with Gasteiger partial charge < -0.3 is 10.4 Å². The normalized spacial score (nSPS) is 18.9. The zero-order chi connectivity index (χ0) is 15.5. The highest BCUT2D eigenvalue weighted by Crippen LogP contribution is 2.48. The van der Waals surface area contributed by atoms with Crippen LogP contribution in [0.3, 0.4) is 0 Å². The summed E-state index contributed by atoms with van der Waals surface area (Å²) in [6.45, 7) is 1.98. The Labute approximate surface area is 129 Å². The van der Waals surface area contributed by atoms with Crippen molar-refractivity contribution in [3.63, 3.8) is 0 Å². The van der Waals surface area contributed by atoms with E-state index < -0.39 is 11.0 Å². The number of thioether (sulfide) groups is 1. The van der Waals surface area contributed by atoms with Crippen LogP contribution in [0.25, 0.3) is 0 Å². The van der Waals surface area contributed by atoms with Gasteiger partial charge in [0.05, 0.1) is 11.0 Å². The SMILES string of the molecule is CSCC[C@@](C)(O)CNC(=O)C1(c2ccc(F)cc2)CC1. The second kappa shape index (κ2) is 6.36. The third kappa shape index (κ3) is 3.98. The highest BCUT2D eigenvalue weighted by molar-refractivity contribution is 7.98. The molecule has 0 spiro atoms. The molecule has 3 nitrogen and oxygen atoms in total. The monoisotopic (exact) mass is 311 g/mol. The van der Waals surface area contributed by atoms with Gasteiger partial charge in [-0.1, -0.05) is 12.1 Å². The molecule has 1 aliphatic carbocycles. The molecule has 1 saturated carbocycles. The molecule has 0 bridgehead atoms. The largest absolute Gasteiger partial charge is 0.388 e. The molecule has 1 aromatic rings. The fourth-order valence-electron chi connectivity index (χ4n) is 2.39. The summed E-state index contributed by atoms with van der Waals surface area (Å²) in [7, 11) is 0. The van der Waals surface area contributed by atoms with Crippen molar-refractivity contribution in [3.05, 3.63) is 35.6 Å². The molecule has 21 heavy (non-hydrogen) atoms. The number of hydrogen-bond donors (Lipinski definition) is 2. The van der Waals surface area contributed by atoms with Crippen LogP contribution in [0.1, 0.15) is 31.7 Å². The maximum atomic E-state index is 13.0. The van der Waals surface area contributed by atoms with Gasteiger partial charge in [-0.2, -0.15) is 11.8 Å². The van der Waals surface area contributed by atoms with Crippen LogP contribution in [0.5, 0.6) is 0 Å². The van der Waals surface area contributed by atoms with E-state index in [1.165, 1.54) is 12.1 Å². The van der Waals surface area contributed by atoms with Crippen LogP contribution in [0.15, 0.2) is 24.3 Å². The van der Waals surface area contributed by atoms with Gasteiger partial charge in [-0.05, 0) is 55.9 Å². The molecule has 2 N–H and O–H groups in total. The second-order valence-electron chi connectivity index (χ2n) is 6.01. The Morgan fingerprint density at radius 1 is 1.43 bits per heavy atom. The van der Waals surface area contributed by atoms with Crippen LogP contribution >= 0.6 is 11.8 Å². The third-order valence-corrected chi connectivity index (χ3v) is 4.67. The van der Waals surface area contributed by atoms with Crippen LogP contribution in [0.2, 0.25) is 0 Å². The second-order valence-corrected chi connectivity index (χ2v) is 7.00. The van der Waals surface area contributed by atoms with Crippen molar-refractivity contribution in [2.75, 3.05) is 18.6 Å². The molecule has 116 valence electrons. The first-order valence-electron chi connectivity index (χ1n) is 7.15. The maximum absolute atomic E-state index is 13.0. The van der Waals surface area contributed by atoms with E-state index in [1.807, 2.05) is 6.26 Å². The summed E-state index contributed by atoms with van der Waals surface area (Å²) >= 11 is 1.67. The first-order valence-corrected chi connectivity index (χ1v) is 8.55. The molecule has 1 aliphatic rings. The minimum atomic E-state index is -0.891. The number of rotatable bonds is 7. The van der Waals surface area contributed by atoms with Gasteiger partial charge in [0.15, 0.2) is 0 Å². The number of aliphatic hydroxyl groups is 1. The van der Waals surface area contributed by atoms with Crippen molar-refractivity contribution in [1.29, 1.82) is 0 Å². The fraction of sp³-hybridized carbons (Fsp3) is 0.562. The quantitative estimate of drug-likeness (QED) is 0.813. The van der Waals surface area contributed by atoms with Crippen molar-refractivity contribution < 1.29 is 14.3 Å². The van der Waals surface area contributed by atoms with Crippen molar-refractivity contribution in [2.45, 2.75) is 37.2 Å². The van der Waals surface area contributed by atoms with E-state index in [0.717, 1.165) is 24.2 Å². The van der Waals surface area contributed by atoms with Gasteiger partial charge in [0.2, 0.25) is 5.91 Å². The Morgan fingerprint density at radius 2 is 2.05 bits per heavy atom. The number of hydrogen-bond acceptors (Lipinski definition) is 3. The van der Waals surface area contributed by atoms with E-state index in [4.69, 9.17) is 0 Å². The van der Waals surface area contributed by atoms with Crippen LogP contribution in [-0.4, -0.2) is 35.2 Å². The first-order chi connectivity index (χ1) is 9.89. The summed E-state index contributed by atoms with van der Waals surface area (Å²) in [6, 6.07) is 6.12. The van der Waals surface area contributed by atoms with Gasteiger partial charge in [-0.15, -0.1) is 0 Å². The Bertz CT molecular complexity index is 498.